The number of aliphatic imine (C=N–C) groups is 1. The molecule has 0 heterocycles. The Hall–Kier alpha value is -1.87. The van der Waals surface area contributed by atoms with Gasteiger partial charge in [-0.2, -0.15) is 0 Å². The Morgan fingerprint density at radius 2 is 1.07 bits per heavy atom. The Bertz CT molecular complexity index is 768. The van der Waals surface area contributed by atoms with Crippen LogP contribution in [0.5, 0.6) is 0 Å². The van der Waals surface area contributed by atoms with Crippen molar-refractivity contribution >= 4 is 35.3 Å². The number of benzene rings is 3. The average molecular weight is 476 g/mol. The van der Waals surface area contributed by atoms with E-state index in [0.29, 0.717) is 0 Å². The second-order valence-corrected chi connectivity index (χ2v) is 20.0. The summed E-state index contributed by atoms with van der Waals surface area (Å²) in [5.74, 6) is 0. The Balaban J connectivity index is 2.03. The van der Waals surface area contributed by atoms with Gasteiger partial charge in [-0.15, -0.1) is 0 Å². The van der Waals surface area contributed by atoms with Gasteiger partial charge in [-0.3, -0.25) is 0 Å². The molecule has 0 amide bonds. The predicted molar refractivity (Wildman–Crippen MR) is 126 cm³/mol. The van der Waals surface area contributed by atoms with Crippen molar-refractivity contribution in [1.82, 2.24) is 0 Å². The number of rotatable bonds is 7. The van der Waals surface area contributed by atoms with Gasteiger partial charge in [-0.1, -0.05) is 0 Å². The van der Waals surface area contributed by atoms with Crippen LogP contribution in [0.15, 0.2) is 96.0 Å². The Morgan fingerprint density at radius 3 is 1.43 bits per heavy atom. The molecule has 0 aliphatic carbocycles. The first-order valence-corrected chi connectivity index (χ1v) is 16.5. The van der Waals surface area contributed by atoms with Crippen LogP contribution >= 0.6 is 0 Å². The fourth-order valence-electron chi connectivity index (χ4n) is 3.87. The molecule has 0 N–H and O–H groups in total. The molecule has 0 bridgehead atoms. The van der Waals surface area contributed by atoms with Crippen molar-refractivity contribution in [3.8, 4) is 0 Å². The normalized spacial score (nSPS) is 12.4. The second kappa shape index (κ2) is 9.56. The van der Waals surface area contributed by atoms with Crippen LogP contribution < -0.4 is 10.7 Å². The second-order valence-electron chi connectivity index (χ2n) is 8.51. The van der Waals surface area contributed by atoms with E-state index in [1.54, 1.807) is 10.7 Å². The molecule has 0 fully saturated rings. The van der Waals surface area contributed by atoms with Crippen molar-refractivity contribution in [2.75, 3.05) is 6.54 Å². The van der Waals surface area contributed by atoms with Crippen LogP contribution in [0.4, 0.5) is 0 Å². The van der Waals surface area contributed by atoms with Crippen molar-refractivity contribution in [3.05, 3.63) is 91.0 Å². The summed E-state index contributed by atoms with van der Waals surface area (Å²) in [6.45, 7) is 7.52. The molecule has 0 aromatic heterocycles. The molecule has 3 rings (SSSR count). The van der Waals surface area contributed by atoms with Gasteiger partial charge in [0.1, 0.15) is 0 Å². The fraction of sp³-hybridized carbons (Fsp3) is 0.269. The van der Waals surface area contributed by atoms with E-state index in [4.69, 9.17) is 4.99 Å². The zero-order valence-corrected chi connectivity index (χ0v) is 20.2. The molecule has 0 aliphatic heterocycles. The predicted octanol–water partition coefficient (Wildman–Crippen LogP) is 4.66. The Kier molecular flexibility index (Phi) is 7.12. The zero-order chi connectivity index (χ0) is 19.9. The quantitative estimate of drug-likeness (QED) is 0.267. The third-order valence-electron chi connectivity index (χ3n) is 5.12. The summed E-state index contributed by atoms with van der Waals surface area (Å²) in [5, 5.41) is 0. The molecule has 0 radical (unpaired) electrons. The van der Waals surface area contributed by atoms with Gasteiger partial charge >= 0.3 is 175 Å². The molecule has 0 unspecified atom stereocenters. The molecule has 0 saturated heterocycles. The van der Waals surface area contributed by atoms with Gasteiger partial charge in [0.15, 0.2) is 0 Å². The van der Waals surface area contributed by atoms with E-state index >= 15 is 0 Å². The van der Waals surface area contributed by atoms with Gasteiger partial charge in [-0.25, -0.2) is 0 Å². The van der Waals surface area contributed by atoms with Crippen LogP contribution in [0.3, 0.4) is 0 Å². The minimum atomic E-state index is -3.08. The van der Waals surface area contributed by atoms with Crippen molar-refractivity contribution in [3.63, 3.8) is 0 Å². The van der Waals surface area contributed by atoms with E-state index in [9.17, 15) is 0 Å². The molecule has 0 atom stereocenters. The maximum absolute atomic E-state index is 4.74. The van der Waals surface area contributed by atoms with Crippen molar-refractivity contribution in [2.24, 2.45) is 10.4 Å². The van der Waals surface area contributed by atoms with Gasteiger partial charge < -0.3 is 0 Å². The minimum absolute atomic E-state index is 0.151. The summed E-state index contributed by atoms with van der Waals surface area (Å²) in [5.41, 5.74) is 0.151. The first-order chi connectivity index (χ1) is 13.5. The van der Waals surface area contributed by atoms with Gasteiger partial charge in [0, 0.05) is 0 Å². The van der Waals surface area contributed by atoms with Gasteiger partial charge in [0.2, 0.25) is 0 Å². The average Bonchev–Trinajstić information content (AvgIpc) is 2.72. The van der Waals surface area contributed by atoms with Crippen LogP contribution in [-0.2, 0) is 0 Å². The van der Waals surface area contributed by atoms with E-state index in [2.05, 4.69) is 118 Å². The summed E-state index contributed by atoms with van der Waals surface area (Å²) in [4.78, 5) is 4.74. The molecule has 0 saturated carbocycles. The summed E-state index contributed by atoms with van der Waals surface area (Å²) >= 11 is -3.08. The maximum atomic E-state index is 4.74. The first-order valence-electron chi connectivity index (χ1n) is 10.2. The van der Waals surface area contributed by atoms with Crippen LogP contribution in [0.2, 0.25) is 4.44 Å². The molecule has 0 spiro atoms. The molecule has 0 aliphatic rings. The standard InChI is InChI=1S/C8H16N.3C6H5.Sn/c1-5-6-9-7-8(2,3)4;3*1-2-4-6-5-3-1;/h7H,1,5-6H2,2-4H3;3*1-5H;. The van der Waals surface area contributed by atoms with E-state index in [1.165, 1.54) is 4.44 Å². The third-order valence-corrected chi connectivity index (χ3v) is 19.6. The summed E-state index contributed by atoms with van der Waals surface area (Å²) < 4.78 is 5.88. The summed E-state index contributed by atoms with van der Waals surface area (Å²) in [6, 6.07) is 33.7. The van der Waals surface area contributed by atoms with E-state index in [-0.39, 0.29) is 5.41 Å². The van der Waals surface area contributed by atoms with E-state index < -0.39 is 18.4 Å². The fourth-order valence-corrected chi connectivity index (χ4v) is 17.7. The molecular formula is C26H31NSn. The molecule has 3 aromatic rings. The molecule has 1 nitrogen and oxygen atoms in total. The summed E-state index contributed by atoms with van der Waals surface area (Å²) in [7, 11) is 0. The molecule has 28 heavy (non-hydrogen) atoms. The van der Waals surface area contributed by atoms with Crippen LogP contribution in [0.25, 0.3) is 0 Å². The molecule has 144 valence electrons. The number of hydrogen-bond acceptors (Lipinski definition) is 1. The van der Waals surface area contributed by atoms with E-state index in [1.807, 2.05) is 0 Å². The molecule has 2 heteroatoms. The third kappa shape index (κ3) is 5.14. The topological polar surface area (TPSA) is 12.4 Å². The Labute approximate surface area is 174 Å². The van der Waals surface area contributed by atoms with Crippen LogP contribution in [-0.4, -0.2) is 31.1 Å². The van der Waals surface area contributed by atoms with Gasteiger partial charge in [-0.05, 0) is 0 Å². The van der Waals surface area contributed by atoms with Crippen LogP contribution in [0, 0.1) is 5.41 Å². The monoisotopic (exact) mass is 477 g/mol. The van der Waals surface area contributed by atoms with Crippen molar-refractivity contribution in [1.29, 1.82) is 0 Å². The van der Waals surface area contributed by atoms with Crippen LogP contribution in [0.1, 0.15) is 27.2 Å². The number of nitrogens with zero attached hydrogens (tertiary/aromatic N) is 1. The molecule has 3 aromatic carbocycles. The first kappa shape index (κ1) is 20.9. The SMILES string of the molecule is CC(C)(C)C=NCC[CH2][Sn]([c]1ccccc1)([c]1ccccc1)[c]1ccccc1. The molecular weight excluding hydrogens is 445 g/mol. The van der Waals surface area contributed by atoms with Crippen molar-refractivity contribution < 1.29 is 0 Å². The van der Waals surface area contributed by atoms with Crippen molar-refractivity contribution in [2.45, 2.75) is 31.6 Å². The van der Waals surface area contributed by atoms with E-state index in [0.717, 1.165) is 13.0 Å². The Morgan fingerprint density at radius 1 is 0.679 bits per heavy atom. The van der Waals surface area contributed by atoms with Gasteiger partial charge in [0.25, 0.3) is 0 Å². The number of hydrogen-bond donors (Lipinski definition) is 0. The zero-order valence-electron chi connectivity index (χ0n) is 17.3. The summed E-state index contributed by atoms with van der Waals surface area (Å²) in [6.07, 6.45) is 3.24. The van der Waals surface area contributed by atoms with Gasteiger partial charge in [0.05, 0.1) is 0 Å².